The standard InChI is InChI=1S/C16H16BrN3O3S/c1-2-11(14(21)20-16-19-8-12(17)24-16)13(18)15(22)23-9-10-6-4-3-5-7-10/h3-8,11,18H,2,9H2,1H3,(H,19,20,21). The van der Waals surface area contributed by atoms with E-state index in [0.29, 0.717) is 11.6 Å². The number of carbonyl (C=O) groups is 2. The van der Waals surface area contributed by atoms with E-state index < -0.39 is 17.8 Å². The SMILES string of the molecule is CCC(C(=N)C(=O)OCc1ccccc1)C(=O)Nc1ncc(Br)s1. The van der Waals surface area contributed by atoms with E-state index in [0.717, 1.165) is 9.35 Å². The van der Waals surface area contributed by atoms with E-state index in [4.69, 9.17) is 10.1 Å². The molecular formula is C16H16BrN3O3S. The number of benzene rings is 1. The molecule has 1 atom stereocenters. The second kappa shape index (κ2) is 8.70. The first-order valence-electron chi connectivity index (χ1n) is 7.23. The topological polar surface area (TPSA) is 92.1 Å². The van der Waals surface area contributed by atoms with Crippen molar-refractivity contribution in [1.82, 2.24) is 4.98 Å². The van der Waals surface area contributed by atoms with Crippen molar-refractivity contribution in [2.75, 3.05) is 5.32 Å². The predicted octanol–water partition coefficient (Wildman–Crippen LogP) is 3.63. The highest BCUT2D eigenvalue weighted by molar-refractivity contribution is 9.11. The molecule has 0 saturated carbocycles. The first-order chi connectivity index (χ1) is 11.5. The number of aromatic nitrogens is 1. The molecule has 1 aromatic heterocycles. The Kier molecular flexibility index (Phi) is 6.62. The zero-order chi connectivity index (χ0) is 17.5. The molecule has 0 bridgehead atoms. The maximum Gasteiger partial charge on any atom is 0.353 e. The summed E-state index contributed by atoms with van der Waals surface area (Å²) in [5.74, 6) is -2.11. The van der Waals surface area contributed by atoms with Crippen molar-refractivity contribution in [3.8, 4) is 0 Å². The lowest BCUT2D eigenvalue weighted by molar-refractivity contribution is -0.137. The molecular weight excluding hydrogens is 394 g/mol. The van der Waals surface area contributed by atoms with Gasteiger partial charge in [-0.25, -0.2) is 9.78 Å². The van der Waals surface area contributed by atoms with Crippen molar-refractivity contribution in [1.29, 1.82) is 5.41 Å². The molecule has 2 rings (SSSR count). The molecule has 126 valence electrons. The molecule has 8 heteroatoms. The van der Waals surface area contributed by atoms with Gasteiger partial charge in [-0.05, 0) is 27.9 Å². The third-order valence-electron chi connectivity index (χ3n) is 3.21. The van der Waals surface area contributed by atoms with Crippen LogP contribution in [-0.4, -0.2) is 22.6 Å². The quantitative estimate of drug-likeness (QED) is 0.539. The van der Waals surface area contributed by atoms with Gasteiger partial charge in [-0.15, -0.1) is 0 Å². The van der Waals surface area contributed by atoms with Crippen LogP contribution in [0.1, 0.15) is 18.9 Å². The number of hydrogen-bond donors (Lipinski definition) is 2. The number of esters is 1. The minimum Gasteiger partial charge on any atom is -0.456 e. The Morgan fingerprint density at radius 1 is 1.38 bits per heavy atom. The third-order valence-corrected chi connectivity index (χ3v) is 4.61. The van der Waals surface area contributed by atoms with Gasteiger partial charge in [-0.3, -0.25) is 10.2 Å². The summed E-state index contributed by atoms with van der Waals surface area (Å²) < 4.78 is 5.89. The fraction of sp³-hybridized carbons (Fsp3) is 0.250. The molecule has 1 aromatic carbocycles. The molecule has 0 aliphatic rings. The van der Waals surface area contributed by atoms with Gasteiger partial charge >= 0.3 is 5.97 Å². The van der Waals surface area contributed by atoms with Crippen LogP contribution in [0.5, 0.6) is 0 Å². The predicted molar refractivity (Wildman–Crippen MR) is 96.2 cm³/mol. The molecule has 0 spiro atoms. The Hall–Kier alpha value is -2.06. The monoisotopic (exact) mass is 409 g/mol. The van der Waals surface area contributed by atoms with Gasteiger partial charge in [0.25, 0.3) is 0 Å². The number of carbonyl (C=O) groups excluding carboxylic acids is 2. The maximum atomic E-state index is 12.3. The molecule has 1 unspecified atom stereocenters. The van der Waals surface area contributed by atoms with Crippen molar-refractivity contribution in [2.24, 2.45) is 5.92 Å². The normalized spacial score (nSPS) is 11.6. The lowest BCUT2D eigenvalue weighted by atomic mass is 9.99. The molecule has 0 fully saturated rings. The van der Waals surface area contributed by atoms with Crippen LogP contribution in [0.25, 0.3) is 0 Å². The first kappa shape index (κ1) is 18.3. The van der Waals surface area contributed by atoms with Crippen molar-refractivity contribution < 1.29 is 14.3 Å². The van der Waals surface area contributed by atoms with E-state index in [2.05, 4.69) is 26.2 Å². The number of halogens is 1. The van der Waals surface area contributed by atoms with Crippen LogP contribution in [0.4, 0.5) is 5.13 Å². The molecule has 2 aromatic rings. The van der Waals surface area contributed by atoms with E-state index >= 15 is 0 Å². The van der Waals surface area contributed by atoms with Crippen molar-refractivity contribution >= 4 is 50.0 Å². The molecule has 0 aliphatic carbocycles. The second-order valence-corrected chi connectivity index (χ2v) is 7.30. The maximum absolute atomic E-state index is 12.3. The van der Waals surface area contributed by atoms with E-state index in [-0.39, 0.29) is 12.3 Å². The van der Waals surface area contributed by atoms with Crippen molar-refractivity contribution in [3.63, 3.8) is 0 Å². The summed E-state index contributed by atoms with van der Waals surface area (Å²) in [5.41, 5.74) is 0.463. The highest BCUT2D eigenvalue weighted by atomic mass is 79.9. The summed E-state index contributed by atoms with van der Waals surface area (Å²) in [5, 5.41) is 11.0. The molecule has 2 N–H and O–H groups in total. The lowest BCUT2D eigenvalue weighted by Crippen LogP contribution is -2.34. The highest BCUT2D eigenvalue weighted by Gasteiger charge is 2.28. The van der Waals surface area contributed by atoms with E-state index in [1.54, 1.807) is 13.1 Å². The molecule has 0 saturated heterocycles. The number of amides is 1. The van der Waals surface area contributed by atoms with Crippen LogP contribution in [-0.2, 0) is 20.9 Å². The molecule has 0 radical (unpaired) electrons. The average molecular weight is 410 g/mol. The van der Waals surface area contributed by atoms with Gasteiger partial charge < -0.3 is 10.1 Å². The zero-order valence-electron chi connectivity index (χ0n) is 12.9. The van der Waals surface area contributed by atoms with Gasteiger partial charge in [0.15, 0.2) is 5.13 Å². The Morgan fingerprint density at radius 3 is 2.67 bits per heavy atom. The Labute approximate surface area is 151 Å². The summed E-state index contributed by atoms with van der Waals surface area (Å²) in [6, 6.07) is 9.18. The van der Waals surface area contributed by atoms with Crippen LogP contribution in [0.2, 0.25) is 0 Å². The second-order valence-electron chi connectivity index (χ2n) is 4.90. The number of hydrogen-bond acceptors (Lipinski definition) is 6. The summed E-state index contributed by atoms with van der Waals surface area (Å²) in [6.45, 7) is 1.81. The summed E-state index contributed by atoms with van der Waals surface area (Å²) in [7, 11) is 0. The number of thiazole rings is 1. The highest BCUT2D eigenvalue weighted by Crippen LogP contribution is 2.24. The summed E-state index contributed by atoms with van der Waals surface area (Å²) in [4.78, 5) is 28.3. The van der Waals surface area contributed by atoms with E-state index in [1.165, 1.54) is 11.3 Å². The number of ether oxygens (including phenoxy) is 1. The zero-order valence-corrected chi connectivity index (χ0v) is 15.3. The van der Waals surface area contributed by atoms with Crippen LogP contribution < -0.4 is 5.32 Å². The van der Waals surface area contributed by atoms with E-state index in [1.807, 2.05) is 30.3 Å². The largest absolute Gasteiger partial charge is 0.456 e. The summed E-state index contributed by atoms with van der Waals surface area (Å²) >= 11 is 4.52. The fourth-order valence-corrected chi connectivity index (χ4v) is 3.08. The van der Waals surface area contributed by atoms with Gasteiger partial charge in [-0.1, -0.05) is 48.6 Å². The molecule has 1 heterocycles. The van der Waals surface area contributed by atoms with Gasteiger partial charge in [0.05, 0.1) is 15.9 Å². The Balaban J connectivity index is 1.94. The minimum absolute atomic E-state index is 0.0690. The molecule has 1 amide bonds. The van der Waals surface area contributed by atoms with Crippen LogP contribution in [0.15, 0.2) is 40.3 Å². The van der Waals surface area contributed by atoms with Crippen molar-refractivity contribution in [2.45, 2.75) is 20.0 Å². The lowest BCUT2D eigenvalue weighted by Gasteiger charge is -2.14. The van der Waals surface area contributed by atoms with Gasteiger partial charge in [0.2, 0.25) is 5.91 Å². The number of nitrogens with zero attached hydrogens (tertiary/aromatic N) is 1. The van der Waals surface area contributed by atoms with Crippen molar-refractivity contribution in [3.05, 3.63) is 45.9 Å². The van der Waals surface area contributed by atoms with Gasteiger partial charge in [-0.2, -0.15) is 0 Å². The first-order valence-corrected chi connectivity index (χ1v) is 8.84. The minimum atomic E-state index is -0.879. The van der Waals surface area contributed by atoms with Crippen LogP contribution in [0.3, 0.4) is 0 Å². The summed E-state index contributed by atoms with van der Waals surface area (Å²) in [6.07, 6.45) is 1.89. The molecule has 24 heavy (non-hydrogen) atoms. The van der Waals surface area contributed by atoms with Gasteiger partial charge in [0, 0.05) is 0 Å². The fourth-order valence-electron chi connectivity index (χ4n) is 1.97. The number of rotatable bonds is 7. The Bertz CT molecular complexity index is 733. The average Bonchev–Trinajstić information content (AvgIpc) is 2.99. The molecule has 0 aliphatic heterocycles. The van der Waals surface area contributed by atoms with Gasteiger partial charge in [0.1, 0.15) is 12.3 Å². The van der Waals surface area contributed by atoms with E-state index in [9.17, 15) is 9.59 Å². The number of nitrogens with one attached hydrogen (secondary N) is 2. The third kappa shape index (κ3) is 4.97. The Morgan fingerprint density at radius 2 is 2.08 bits per heavy atom. The van der Waals surface area contributed by atoms with Crippen LogP contribution >= 0.6 is 27.3 Å². The smallest absolute Gasteiger partial charge is 0.353 e. The molecule has 6 nitrogen and oxygen atoms in total. The van der Waals surface area contributed by atoms with Crippen LogP contribution in [0, 0.1) is 11.3 Å². The number of anilines is 1.